The second-order valence-electron chi connectivity index (χ2n) is 6.45. The van der Waals surface area contributed by atoms with Crippen molar-refractivity contribution in [2.45, 2.75) is 0 Å². The molecule has 0 fully saturated rings. The van der Waals surface area contributed by atoms with Crippen molar-refractivity contribution in [2.75, 3.05) is 10.7 Å². The van der Waals surface area contributed by atoms with Crippen molar-refractivity contribution in [3.05, 3.63) is 99.5 Å². The molecule has 5 nitrogen and oxygen atoms in total. The van der Waals surface area contributed by atoms with Crippen LogP contribution < -0.4 is 10.7 Å². The average molecular weight is 512 g/mol. The lowest BCUT2D eigenvalue weighted by atomic mass is 10.1. The summed E-state index contributed by atoms with van der Waals surface area (Å²) in [5.41, 5.74) is 5.95. The summed E-state index contributed by atoms with van der Waals surface area (Å²) >= 11 is 10.7. The molecule has 0 saturated carbocycles. The largest absolute Gasteiger partial charge is 0.312 e. The normalized spacial score (nSPS) is 10.9. The number of hydrogen-bond acceptors (Lipinski definition) is 5. The van der Waals surface area contributed by atoms with Crippen LogP contribution in [-0.2, 0) is 0 Å². The van der Waals surface area contributed by atoms with Gasteiger partial charge in [0.05, 0.1) is 6.21 Å². The number of amides is 1. The Morgan fingerprint density at radius 2 is 1.71 bits per heavy atom. The molecule has 0 aliphatic rings. The highest BCUT2D eigenvalue weighted by Crippen LogP contribution is 2.36. The molecule has 31 heavy (non-hydrogen) atoms. The quantitative estimate of drug-likeness (QED) is 0.218. The molecule has 1 heterocycles. The van der Waals surface area contributed by atoms with Crippen LogP contribution in [-0.4, -0.2) is 17.1 Å². The molecule has 0 aliphatic heterocycles. The average Bonchev–Trinajstić information content (AvgIpc) is 3.18. The molecule has 0 spiro atoms. The minimum atomic E-state index is -0.217. The fourth-order valence-electron chi connectivity index (χ4n) is 2.73. The number of hydrogen-bond donors (Lipinski definition) is 2. The number of halogens is 2. The summed E-state index contributed by atoms with van der Waals surface area (Å²) in [4.78, 5) is 17.4. The van der Waals surface area contributed by atoms with Crippen LogP contribution in [0.2, 0.25) is 5.02 Å². The first kappa shape index (κ1) is 21.2. The number of nitrogens with zero attached hydrogens (tertiary/aromatic N) is 2. The van der Waals surface area contributed by atoms with Crippen LogP contribution in [0.25, 0.3) is 11.3 Å². The predicted molar refractivity (Wildman–Crippen MR) is 132 cm³/mol. The lowest BCUT2D eigenvalue weighted by Crippen LogP contribution is -2.11. The second kappa shape index (κ2) is 9.87. The van der Waals surface area contributed by atoms with Crippen LogP contribution in [0, 0.1) is 0 Å². The molecule has 0 bridgehead atoms. The van der Waals surface area contributed by atoms with E-state index in [1.807, 2.05) is 54.6 Å². The summed E-state index contributed by atoms with van der Waals surface area (Å²) in [6.45, 7) is 0. The van der Waals surface area contributed by atoms with Crippen LogP contribution in [0.4, 0.5) is 10.1 Å². The highest BCUT2D eigenvalue weighted by Gasteiger charge is 2.16. The number of benzene rings is 3. The summed E-state index contributed by atoms with van der Waals surface area (Å²) in [6.07, 6.45) is 1.71. The second-order valence-corrected chi connectivity index (χ2v) is 8.80. The number of nitrogens with one attached hydrogen (secondary N) is 2. The van der Waals surface area contributed by atoms with E-state index in [-0.39, 0.29) is 5.91 Å². The maximum atomic E-state index is 12.8. The van der Waals surface area contributed by atoms with E-state index in [1.54, 1.807) is 30.5 Å². The third kappa shape index (κ3) is 5.58. The summed E-state index contributed by atoms with van der Waals surface area (Å²) < 4.78 is 0.909. The van der Waals surface area contributed by atoms with Gasteiger partial charge in [-0.05, 0) is 42.0 Å². The summed E-state index contributed by atoms with van der Waals surface area (Å²) in [5.74, 6) is -0.217. The first-order chi connectivity index (χ1) is 15.1. The first-order valence-corrected chi connectivity index (χ1v) is 11.2. The molecule has 4 rings (SSSR count). The van der Waals surface area contributed by atoms with Crippen molar-refractivity contribution in [3.8, 4) is 11.3 Å². The summed E-state index contributed by atoms with van der Waals surface area (Å²) in [6, 6.07) is 24.2. The van der Waals surface area contributed by atoms with Crippen LogP contribution in [0.3, 0.4) is 0 Å². The lowest BCUT2D eigenvalue weighted by molar-refractivity contribution is 0.102. The Hall–Kier alpha value is -3.00. The Balaban J connectivity index is 1.60. The molecule has 1 aromatic heterocycles. The molecule has 4 aromatic rings. The van der Waals surface area contributed by atoms with E-state index in [0.717, 1.165) is 15.6 Å². The van der Waals surface area contributed by atoms with Gasteiger partial charge in [-0.25, -0.2) is 4.98 Å². The van der Waals surface area contributed by atoms with Gasteiger partial charge in [-0.15, -0.1) is 0 Å². The molecule has 0 saturated heterocycles. The van der Waals surface area contributed by atoms with Crippen LogP contribution >= 0.6 is 38.9 Å². The van der Waals surface area contributed by atoms with Crippen molar-refractivity contribution in [1.29, 1.82) is 0 Å². The molecule has 2 N–H and O–H groups in total. The van der Waals surface area contributed by atoms with Gasteiger partial charge in [-0.3, -0.25) is 10.2 Å². The molecule has 0 unspecified atom stereocenters. The fourth-order valence-corrected chi connectivity index (χ4v) is 3.96. The van der Waals surface area contributed by atoms with E-state index in [0.29, 0.717) is 26.4 Å². The van der Waals surface area contributed by atoms with Gasteiger partial charge in [0, 0.05) is 20.6 Å². The zero-order valence-corrected chi connectivity index (χ0v) is 19.2. The zero-order chi connectivity index (χ0) is 21.6. The Morgan fingerprint density at radius 3 is 2.42 bits per heavy atom. The minimum Gasteiger partial charge on any atom is -0.312 e. The third-order valence-corrected chi connectivity index (χ3v) is 5.91. The van der Waals surface area contributed by atoms with E-state index < -0.39 is 0 Å². The number of anilines is 2. The van der Waals surface area contributed by atoms with Gasteiger partial charge in [0.15, 0.2) is 0 Å². The van der Waals surface area contributed by atoms with Crippen LogP contribution in [0.15, 0.2) is 88.4 Å². The predicted octanol–water partition coefficient (Wildman–Crippen LogP) is 6.92. The summed E-state index contributed by atoms with van der Waals surface area (Å²) in [5, 5.41) is 9.03. The molecule has 0 aliphatic carbocycles. The Kier molecular flexibility index (Phi) is 6.76. The number of hydrazone groups is 1. The molecular weight excluding hydrogens is 496 g/mol. The van der Waals surface area contributed by atoms with Crippen molar-refractivity contribution < 1.29 is 4.79 Å². The molecule has 1 amide bonds. The summed E-state index contributed by atoms with van der Waals surface area (Å²) in [7, 11) is 0. The zero-order valence-electron chi connectivity index (χ0n) is 16.0. The van der Waals surface area contributed by atoms with Gasteiger partial charge in [0.25, 0.3) is 5.91 Å². The molecule has 0 radical (unpaired) electrons. The molecule has 3 aromatic carbocycles. The molecule has 0 atom stereocenters. The lowest BCUT2D eigenvalue weighted by Gasteiger charge is -2.06. The number of carbonyl (C=O) groups excluding carboxylic acids is 1. The van der Waals surface area contributed by atoms with E-state index in [9.17, 15) is 4.79 Å². The van der Waals surface area contributed by atoms with Gasteiger partial charge >= 0.3 is 0 Å². The van der Waals surface area contributed by atoms with Crippen molar-refractivity contribution in [3.63, 3.8) is 0 Å². The monoisotopic (exact) mass is 510 g/mol. The highest BCUT2D eigenvalue weighted by atomic mass is 79.9. The van der Waals surface area contributed by atoms with Gasteiger partial charge in [-0.1, -0.05) is 81.3 Å². The third-order valence-electron chi connectivity index (χ3n) is 4.25. The first-order valence-electron chi connectivity index (χ1n) is 9.26. The van der Waals surface area contributed by atoms with Crippen molar-refractivity contribution in [1.82, 2.24) is 4.98 Å². The van der Waals surface area contributed by atoms with Gasteiger partial charge < -0.3 is 5.32 Å². The van der Waals surface area contributed by atoms with Crippen molar-refractivity contribution >= 4 is 61.1 Å². The van der Waals surface area contributed by atoms with E-state index in [1.165, 1.54) is 11.3 Å². The number of aromatic nitrogens is 1. The molecule has 154 valence electrons. The number of carbonyl (C=O) groups is 1. The van der Waals surface area contributed by atoms with Gasteiger partial charge in [0.2, 0.25) is 5.13 Å². The number of rotatable bonds is 6. The van der Waals surface area contributed by atoms with Gasteiger partial charge in [-0.2, -0.15) is 5.10 Å². The maximum Gasteiger partial charge on any atom is 0.256 e. The van der Waals surface area contributed by atoms with E-state index >= 15 is 0 Å². The minimum absolute atomic E-state index is 0.217. The Morgan fingerprint density at radius 1 is 1.00 bits per heavy atom. The molecule has 8 heteroatoms. The van der Waals surface area contributed by atoms with Gasteiger partial charge in [0.1, 0.15) is 10.7 Å². The van der Waals surface area contributed by atoms with Crippen molar-refractivity contribution in [2.24, 2.45) is 5.10 Å². The topological polar surface area (TPSA) is 66.4 Å². The number of thiazole rings is 1. The van der Waals surface area contributed by atoms with E-state index in [4.69, 9.17) is 11.6 Å². The Bertz CT molecular complexity index is 1210. The highest BCUT2D eigenvalue weighted by molar-refractivity contribution is 9.10. The maximum absolute atomic E-state index is 12.8. The Labute approximate surface area is 196 Å². The fraction of sp³-hybridized carbons (Fsp3) is 0. The van der Waals surface area contributed by atoms with Crippen LogP contribution in [0.1, 0.15) is 15.9 Å². The standard InChI is InChI=1S/C23H16BrClN4OS/c24-18-10-6-17(7-11-18)21(30)28-22-20(16-8-12-19(25)13-9-16)27-23(31-22)29-26-14-15-4-2-1-3-5-15/h1-14H,(H,27,29)(H,28,30)/b26-14-. The smallest absolute Gasteiger partial charge is 0.256 e. The SMILES string of the molecule is O=C(Nc1sc(N/N=C\c2ccccc2)nc1-c1ccc(Cl)cc1)c1ccc(Br)cc1. The van der Waals surface area contributed by atoms with Crippen LogP contribution in [0.5, 0.6) is 0 Å². The molecular formula is C23H16BrClN4OS. The van der Waals surface area contributed by atoms with E-state index in [2.05, 4.69) is 36.8 Å².